The Hall–Kier alpha value is -2.95. The van der Waals surface area contributed by atoms with Gasteiger partial charge in [0.1, 0.15) is 0 Å². The van der Waals surface area contributed by atoms with Gasteiger partial charge in [-0.1, -0.05) is 80.3 Å². The third kappa shape index (κ3) is 6.44. The SMILES string of the molecule is C[Si](C)(C)c1cccc2c1sc1c(-c3ccc(C4CCCC4)cn3)[c-]ccc12.[Ir].[c-]1ccccc1-c1ccccn1. The minimum atomic E-state index is -1.40. The molecule has 1 aliphatic rings. The van der Waals surface area contributed by atoms with Crippen molar-refractivity contribution < 1.29 is 20.1 Å². The van der Waals surface area contributed by atoms with Gasteiger partial charge >= 0.3 is 0 Å². The summed E-state index contributed by atoms with van der Waals surface area (Å²) in [5, 5.41) is 4.29. The van der Waals surface area contributed by atoms with E-state index in [1.54, 1.807) is 11.4 Å². The Morgan fingerprint density at radius 2 is 1.54 bits per heavy atom. The van der Waals surface area contributed by atoms with Crippen molar-refractivity contribution in [2.24, 2.45) is 0 Å². The summed E-state index contributed by atoms with van der Waals surface area (Å²) in [5.74, 6) is 0.713. The van der Waals surface area contributed by atoms with E-state index in [1.165, 1.54) is 51.4 Å². The van der Waals surface area contributed by atoms with Crippen molar-refractivity contribution >= 4 is 44.8 Å². The smallest absolute Gasteiger partial charge is 0.0794 e. The second kappa shape index (κ2) is 12.9. The molecule has 3 aromatic carbocycles. The van der Waals surface area contributed by atoms with Crippen molar-refractivity contribution in [2.45, 2.75) is 51.2 Å². The topological polar surface area (TPSA) is 25.8 Å². The van der Waals surface area contributed by atoms with Crippen LogP contribution in [0.25, 0.3) is 42.7 Å². The summed E-state index contributed by atoms with van der Waals surface area (Å²) in [5.41, 5.74) is 5.62. The molecule has 0 spiro atoms. The first-order valence-corrected chi connectivity index (χ1v) is 18.5. The van der Waals surface area contributed by atoms with Crippen LogP contribution < -0.4 is 5.19 Å². The Morgan fingerprint density at radius 3 is 2.22 bits per heavy atom. The number of pyridine rings is 2. The molecule has 0 N–H and O–H groups in total. The maximum atomic E-state index is 4.87. The van der Waals surface area contributed by atoms with Gasteiger partial charge in [-0.05, 0) is 57.1 Å². The van der Waals surface area contributed by atoms with Crippen molar-refractivity contribution in [1.82, 2.24) is 9.97 Å². The zero-order chi connectivity index (χ0) is 27.5. The quantitative estimate of drug-likeness (QED) is 0.133. The van der Waals surface area contributed by atoms with E-state index in [9.17, 15) is 0 Å². The zero-order valence-electron chi connectivity index (χ0n) is 23.8. The van der Waals surface area contributed by atoms with Crippen LogP contribution in [0.4, 0.5) is 0 Å². The van der Waals surface area contributed by atoms with Crippen LogP contribution >= 0.6 is 11.3 Å². The van der Waals surface area contributed by atoms with Gasteiger partial charge in [0.25, 0.3) is 0 Å². The number of thiophene rings is 1. The van der Waals surface area contributed by atoms with Crippen LogP contribution in [0.3, 0.4) is 0 Å². The van der Waals surface area contributed by atoms with Crippen molar-refractivity contribution in [3.63, 3.8) is 0 Å². The summed E-state index contributed by atoms with van der Waals surface area (Å²) >= 11 is 1.93. The third-order valence-electron chi connectivity index (χ3n) is 7.79. The summed E-state index contributed by atoms with van der Waals surface area (Å²) < 4.78 is 2.78. The molecule has 3 heterocycles. The number of aromatic nitrogens is 2. The van der Waals surface area contributed by atoms with E-state index >= 15 is 0 Å². The summed E-state index contributed by atoms with van der Waals surface area (Å²) in [4.78, 5) is 9.09. The van der Waals surface area contributed by atoms with E-state index in [2.05, 4.69) is 85.4 Å². The molecule has 2 nitrogen and oxygen atoms in total. The number of fused-ring (bicyclic) bond motifs is 3. The second-order valence-corrected chi connectivity index (χ2v) is 17.6. The normalized spacial score (nSPS) is 13.5. The fraction of sp³-hybridized carbons (Fsp3) is 0.222. The number of nitrogens with zero attached hydrogens (tertiary/aromatic N) is 2. The molecular weight excluding hydrogens is 713 g/mol. The Kier molecular flexibility index (Phi) is 9.30. The Morgan fingerprint density at radius 1 is 0.732 bits per heavy atom. The van der Waals surface area contributed by atoms with Gasteiger partial charge in [0.15, 0.2) is 0 Å². The van der Waals surface area contributed by atoms with Gasteiger partial charge in [-0.15, -0.1) is 59.7 Å². The van der Waals surface area contributed by atoms with Crippen molar-refractivity contribution in [2.75, 3.05) is 0 Å². The van der Waals surface area contributed by atoms with Gasteiger partial charge in [0, 0.05) is 37.2 Å². The summed E-state index contributed by atoms with van der Waals surface area (Å²) in [7, 11) is -1.40. The third-order valence-corrected chi connectivity index (χ3v) is 11.3. The number of hydrogen-bond acceptors (Lipinski definition) is 3. The van der Waals surface area contributed by atoms with Crippen LogP contribution in [0.2, 0.25) is 19.6 Å². The van der Waals surface area contributed by atoms with E-state index in [0.717, 1.165) is 22.5 Å². The van der Waals surface area contributed by atoms with Crippen LogP contribution in [0.15, 0.2) is 97.3 Å². The molecule has 0 aliphatic heterocycles. The maximum absolute atomic E-state index is 4.87. The van der Waals surface area contributed by atoms with Gasteiger partial charge in [-0.2, -0.15) is 11.3 Å². The first-order chi connectivity index (χ1) is 19.5. The monoisotopic (exact) mass is 747 g/mol. The summed E-state index contributed by atoms with van der Waals surface area (Å²) in [6.07, 6.45) is 9.26. The molecule has 209 valence electrons. The van der Waals surface area contributed by atoms with Crippen molar-refractivity contribution in [3.05, 3.63) is 115 Å². The van der Waals surface area contributed by atoms with Gasteiger partial charge in [-0.25, -0.2) is 0 Å². The molecule has 41 heavy (non-hydrogen) atoms. The molecule has 1 radical (unpaired) electrons. The van der Waals surface area contributed by atoms with E-state index in [0.29, 0.717) is 5.92 Å². The van der Waals surface area contributed by atoms with E-state index in [1.807, 2.05) is 53.8 Å². The first kappa shape index (κ1) is 29.5. The van der Waals surface area contributed by atoms with Gasteiger partial charge in [-0.3, -0.25) is 0 Å². The fourth-order valence-corrected chi connectivity index (χ4v) is 9.38. The van der Waals surface area contributed by atoms with Crippen LogP contribution in [0.5, 0.6) is 0 Å². The van der Waals surface area contributed by atoms with Gasteiger partial charge < -0.3 is 9.97 Å². The Balaban J connectivity index is 0.000000218. The minimum absolute atomic E-state index is 0. The number of hydrogen-bond donors (Lipinski definition) is 0. The molecule has 1 aliphatic carbocycles. The van der Waals surface area contributed by atoms with Crippen LogP contribution in [-0.2, 0) is 20.1 Å². The zero-order valence-corrected chi connectivity index (χ0v) is 28.0. The molecule has 1 fully saturated rings. The molecule has 0 bridgehead atoms. The van der Waals surface area contributed by atoms with Crippen LogP contribution in [-0.4, -0.2) is 18.0 Å². The molecular formula is C36H34IrN2SSi-2. The maximum Gasteiger partial charge on any atom is 0.0794 e. The Labute approximate surface area is 262 Å². The Bertz CT molecular complexity index is 1680. The van der Waals surface area contributed by atoms with Gasteiger partial charge in [0.2, 0.25) is 0 Å². The second-order valence-electron chi connectivity index (χ2n) is 11.6. The first-order valence-electron chi connectivity index (χ1n) is 14.2. The molecule has 5 heteroatoms. The largest absolute Gasteiger partial charge is 0.305 e. The number of benzene rings is 3. The van der Waals surface area contributed by atoms with Crippen LogP contribution in [0.1, 0.15) is 37.2 Å². The molecule has 1 saturated carbocycles. The fourth-order valence-electron chi connectivity index (χ4n) is 5.67. The molecule has 6 aromatic rings. The summed E-state index contributed by atoms with van der Waals surface area (Å²) in [6, 6.07) is 35.9. The average Bonchev–Trinajstić information content (AvgIpc) is 3.67. The molecule has 7 rings (SSSR count). The van der Waals surface area contributed by atoms with Crippen molar-refractivity contribution in [3.8, 4) is 22.5 Å². The molecule has 0 unspecified atom stereocenters. The predicted molar refractivity (Wildman–Crippen MR) is 174 cm³/mol. The standard InChI is InChI=1S/C25H26NSSi.C11H8N.Ir/c1-28(2,3)23-13-7-11-20-19-10-6-12-21(24(19)27-25(20)23)22-15-14-18(16-26-22)17-8-4-5-9-17;1-2-6-10(7-3-1)11-8-4-5-9-12-11;/h6-7,10-11,13-17H,4-5,8-9H2,1-3H3;1-6,8-9H;/q2*-1;. The van der Waals surface area contributed by atoms with Crippen molar-refractivity contribution in [1.29, 1.82) is 0 Å². The van der Waals surface area contributed by atoms with Crippen LogP contribution in [0, 0.1) is 12.1 Å². The molecule has 0 amide bonds. The van der Waals surface area contributed by atoms with E-state index in [4.69, 9.17) is 4.98 Å². The van der Waals surface area contributed by atoms with E-state index < -0.39 is 8.07 Å². The minimum Gasteiger partial charge on any atom is -0.305 e. The van der Waals surface area contributed by atoms with E-state index in [-0.39, 0.29) is 20.1 Å². The molecule has 3 aromatic heterocycles. The summed E-state index contributed by atoms with van der Waals surface area (Å²) in [6.45, 7) is 7.30. The molecule has 0 atom stereocenters. The average molecular weight is 747 g/mol. The predicted octanol–water partition coefficient (Wildman–Crippen LogP) is 9.67. The number of rotatable bonds is 4. The molecule has 0 saturated heterocycles. The van der Waals surface area contributed by atoms with Gasteiger partial charge in [0.05, 0.1) is 8.07 Å².